The maximum absolute atomic E-state index is 6.16. The molecular formula is C56H37NO. The van der Waals surface area contributed by atoms with Crippen LogP contribution in [0.4, 0.5) is 17.1 Å². The highest BCUT2D eigenvalue weighted by Crippen LogP contribution is 2.40. The predicted molar refractivity (Wildman–Crippen MR) is 245 cm³/mol. The summed E-state index contributed by atoms with van der Waals surface area (Å²) >= 11 is 0. The zero-order valence-corrected chi connectivity index (χ0v) is 31.7. The number of para-hydroxylation sites is 1. The molecule has 1 aromatic heterocycles. The Morgan fingerprint density at radius 3 is 1.28 bits per heavy atom. The quantitative estimate of drug-likeness (QED) is 0.162. The van der Waals surface area contributed by atoms with E-state index in [-0.39, 0.29) is 0 Å². The van der Waals surface area contributed by atoms with Crippen LogP contribution in [0.1, 0.15) is 0 Å². The van der Waals surface area contributed by atoms with Gasteiger partial charge in [0.1, 0.15) is 11.2 Å². The maximum atomic E-state index is 6.16. The van der Waals surface area contributed by atoms with Crippen molar-refractivity contribution >= 4 is 60.5 Å². The summed E-state index contributed by atoms with van der Waals surface area (Å²) in [5.74, 6) is 0. The molecule has 10 aromatic carbocycles. The van der Waals surface area contributed by atoms with Gasteiger partial charge in [-0.3, -0.25) is 0 Å². The summed E-state index contributed by atoms with van der Waals surface area (Å²) in [6, 6.07) is 80.8. The summed E-state index contributed by atoms with van der Waals surface area (Å²) < 4.78 is 6.16. The second-order valence-corrected chi connectivity index (χ2v) is 15.0. The predicted octanol–water partition coefficient (Wildman–Crippen LogP) is 16.0. The van der Waals surface area contributed by atoms with Crippen LogP contribution in [0.25, 0.3) is 88.0 Å². The van der Waals surface area contributed by atoms with Gasteiger partial charge in [0, 0.05) is 27.8 Å². The molecule has 0 aliphatic carbocycles. The Bertz CT molecular complexity index is 3270. The van der Waals surface area contributed by atoms with Crippen LogP contribution in [0.5, 0.6) is 0 Å². The highest BCUT2D eigenvalue weighted by Gasteiger charge is 2.16. The molecule has 0 bridgehead atoms. The lowest BCUT2D eigenvalue weighted by molar-refractivity contribution is 0.669. The van der Waals surface area contributed by atoms with E-state index in [4.69, 9.17) is 4.42 Å². The first-order chi connectivity index (χ1) is 28.7. The second-order valence-electron chi connectivity index (χ2n) is 15.0. The summed E-state index contributed by atoms with van der Waals surface area (Å²) in [6.07, 6.45) is 0. The van der Waals surface area contributed by atoms with Gasteiger partial charge in [0.05, 0.1) is 0 Å². The van der Waals surface area contributed by atoms with E-state index in [0.717, 1.165) is 50.1 Å². The summed E-state index contributed by atoms with van der Waals surface area (Å²) in [7, 11) is 0. The standard InChI is InChI=1S/C56H37NO/c1-3-10-44-34-47(22-20-38(44)8-1)42-18-16-40(17-19-42)41-24-29-50(30-25-41)57(51-31-26-43(27-32-51)48-23-21-39-9-2-4-11-45(39)35-48)52-13-7-12-46(36-52)49-28-33-56-54(37-49)53-14-5-6-15-55(53)58-56/h1-37H. The maximum Gasteiger partial charge on any atom is 0.135 e. The molecule has 272 valence electrons. The Labute approximate surface area is 337 Å². The van der Waals surface area contributed by atoms with Gasteiger partial charge in [-0.15, -0.1) is 0 Å². The van der Waals surface area contributed by atoms with E-state index in [9.17, 15) is 0 Å². The van der Waals surface area contributed by atoms with Gasteiger partial charge in [0.15, 0.2) is 0 Å². The molecule has 0 spiro atoms. The number of hydrogen-bond donors (Lipinski definition) is 0. The molecule has 2 nitrogen and oxygen atoms in total. The van der Waals surface area contributed by atoms with E-state index < -0.39 is 0 Å². The fraction of sp³-hybridized carbons (Fsp3) is 0. The van der Waals surface area contributed by atoms with Gasteiger partial charge in [-0.05, 0) is 133 Å². The SMILES string of the molecule is c1cc(-c2ccc3oc4ccccc4c3c2)cc(N(c2ccc(-c3ccc(-c4ccc5ccccc5c4)cc3)cc2)c2ccc(-c3ccc4ccccc4c3)cc2)c1. The minimum Gasteiger partial charge on any atom is -0.456 e. The number of hydrogen-bond acceptors (Lipinski definition) is 2. The minimum atomic E-state index is 0.901. The highest BCUT2D eigenvalue weighted by atomic mass is 16.3. The smallest absolute Gasteiger partial charge is 0.135 e. The van der Waals surface area contributed by atoms with Crippen molar-refractivity contribution in [3.05, 3.63) is 224 Å². The molecule has 0 saturated heterocycles. The first-order valence-electron chi connectivity index (χ1n) is 19.8. The number of anilines is 3. The number of rotatable bonds is 7. The van der Waals surface area contributed by atoms with Crippen molar-refractivity contribution in [1.29, 1.82) is 0 Å². The van der Waals surface area contributed by atoms with Crippen LogP contribution in [0.2, 0.25) is 0 Å². The highest BCUT2D eigenvalue weighted by molar-refractivity contribution is 6.06. The van der Waals surface area contributed by atoms with Gasteiger partial charge in [-0.1, -0.05) is 158 Å². The molecular weight excluding hydrogens is 703 g/mol. The molecule has 0 aliphatic rings. The Balaban J connectivity index is 0.954. The molecule has 58 heavy (non-hydrogen) atoms. The van der Waals surface area contributed by atoms with Crippen LogP contribution >= 0.6 is 0 Å². The fourth-order valence-corrected chi connectivity index (χ4v) is 8.38. The zero-order valence-electron chi connectivity index (χ0n) is 31.7. The molecule has 0 atom stereocenters. The minimum absolute atomic E-state index is 0.901. The van der Waals surface area contributed by atoms with Gasteiger partial charge in [-0.25, -0.2) is 0 Å². The van der Waals surface area contributed by atoms with E-state index in [0.29, 0.717) is 0 Å². The molecule has 0 N–H and O–H groups in total. The number of benzene rings is 10. The molecule has 11 aromatic rings. The van der Waals surface area contributed by atoms with Crippen molar-refractivity contribution < 1.29 is 4.42 Å². The van der Waals surface area contributed by atoms with Crippen molar-refractivity contribution in [1.82, 2.24) is 0 Å². The molecule has 0 radical (unpaired) electrons. The van der Waals surface area contributed by atoms with Crippen molar-refractivity contribution in [2.45, 2.75) is 0 Å². The van der Waals surface area contributed by atoms with E-state index in [1.807, 2.05) is 12.1 Å². The van der Waals surface area contributed by atoms with Crippen molar-refractivity contribution in [3.8, 4) is 44.5 Å². The largest absolute Gasteiger partial charge is 0.456 e. The van der Waals surface area contributed by atoms with Crippen LogP contribution in [0.3, 0.4) is 0 Å². The molecule has 2 heteroatoms. The average Bonchev–Trinajstić information content (AvgIpc) is 3.67. The van der Waals surface area contributed by atoms with E-state index >= 15 is 0 Å². The third kappa shape index (κ3) is 6.18. The average molecular weight is 740 g/mol. The fourth-order valence-electron chi connectivity index (χ4n) is 8.38. The number of furan rings is 1. The lowest BCUT2D eigenvalue weighted by atomic mass is 9.98. The topological polar surface area (TPSA) is 16.4 Å². The Hall–Kier alpha value is -7.68. The lowest BCUT2D eigenvalue weighted by Crippen LogP contribution is -2.10. The van der Waals surface area contributed by atoms with Gasteiger partial charge in [0.25, 0.3) is 0 Å². The lowest BCUT2D eigenvalue weighted by Gasteiger charge is -2.26. The molecule has 1 heterocycles. The molecule has 0 fully saturated rings. The van der Waals surface area contributed by atoms with Gasteiger partial charge in [-0.2, -0.15) is 0 Å². The summed E-state index contributed by atoms with van der Waals surface area (Å²) in [4.78, 5) is 2.35. The van der Waals surface area contributed by atoms with Crippen LogP contribution in [-0.4, -0.2) is 0 Å². The van der Waals surface area contributed by atoms with E-state index in [1.165, 1.54) is 54.9 Å². The van der Waals surface area contributed by atoms with Crippen LogP contribution < -0.4 is 4.90 Å². The molecule has 0 amide bonds. The van der Waals surface area contributed by atoms with Crippen LogP contribution in [-0.2, 0) is 0 Å². The van der Waals surface area contributed by atoms with Crippen molar-refractivity contribution in [3.63, 3.8) is 0 Å². The molecule has 11 rings (SSSR count). The summed E-state index contributed by atoms with van der Waals surface area (Å²) in [5.41, 5.74) is 14.6. The van der Waals surface area contributed by atoms with E-state index in [2.05, 4.69) is 217 Å². The van der Waals surface area contributed by atoms with Gasteiger partial charge < -0.3 is 9.32 Å². The third-order valence-corrected chi connectivity index (χ3v) is 11.4. The Morgan fingerprint density at radius 1 is 0.241 bits per heavy atom. The van der Waals surface area contributed by atoms with Gasteiger partial charge in [0.2, 0.25) is 0 Å². The Kier molecular flexibility index (Phi) is 8.19. The Morgan fingerprint density at radius 2 is 0.672 bits per heavy atom. The molecule has 0 aliphatic heterocycles. The summed E-state index contributed by atoms with van der Waals surface area (Å²) in [6.45, 7) is 0. The van der Waals surface area contributed by atoms with Crippen LogP contribution in [0.15, 0.2) is 229 Å². The molecule has 0 saturated carbocycles. The molecule has 0 unspecified atom stereocenters. The van der Waals surface area contributed by atoms with E-state index in [1.54, 1.807) is 0 Å². The third-order valence-electron chi connectivity index (χ3n) is 11.4. The number of fused-ring (bicyclic) bond motifs is 5. The van der Waals surface area contributed by atoms with Gasteiger partial charge >= 0.3 is 0 Å². The first kappa shape index (κ1) is 33.6. The zero-order chi connectivity index (χ0) is 38.4. The van der Waals surface area contributed by atoms with Crippen molar-refractivity contribution in [2.75, 3.05) is 4.90 Å². The monoisotopic (exact) mass is 739 g/mol. The first-order valence-corrected chi connectivity index (χ1v) is 19.8. The number of nitrogens with zero attached hydrogens (tertiary/aromatic N) is 1. The van der Waals surface area contributed by atoms with Crippen LogP contribution in [0, 0.1) is 0 Å². The second kappa shape index (κ2) is 14.1. The normalized spacial score (nSPS) is 11.4. The summed E-state index contributed by atoms with van der Waals surface area (Å²) in [5, 5.41) is 7.26. The van der Waals surface area contributed by atoms with Crippen molar-refractivity contribution in [2.24, 2.45) is 0 Å².